The fraction of sp³-hybridized carbons (Fsp3) is 0.538. The van der Waals surface area contributed by atoms with Gasteiger partial charge in [0.2, 0.25) is 0 Å². The number of carbonyl (C=O) groups is 1. The predicted octanol–water partition coefficient (Wildman–Crippen LogP) is -0.968. The summed E-state index contributed by atoms with van der Waals surface area (Å²) in [7, 11) is -4.28. The molecule has 0 saturated carbocycles. The van der Waals surface area contributed by atoms with E-state index in [1.54, 1.807) is 4.57 Å². The first-order valence-corrected chi connectivity index (χ1v) is 9.67. The Balaban J connectivity index is 1.80. The Bertz CT molecular complexity index is 870. The minimum atomic E-state index is -4.28. The number of ether oxygens (including phenoxy) is 2. The van der Waals surface area contributed by atoms with Gasteiger partial charge < -0.3 is 25.8 Å². The second-order valence-corrected chi connectivity index (χ2v) is 7.22. The van der Waals surface area contributed by atoms with E-state index in [2.05, 4.69) is 15.0 Å². The van der Waals surface area contributed by atoms with Gasteiger partial charge in [-0.05, 0) is 0 Å². The van der Waals surface area contributed by atoms with Crippen LogP contribution in [-0.4, -0.2) is 55.7 Å². The molecule has 3 heterocycles. The van der Waals surface area contributed by atoms with Crippen molar-refractivity contribution >= 4 is 30.7 Å². The van der Waals surface area contributed by atoms with E-state index in [1.807, 2.05) is 0 Å². The van der Waals surface area contributed by atoms with Crippen molar-refractivity contribution in [3.8, 4) is 0 Å². The Kier molecular flexibility index (Phi) is 5.69. The molecule has 1 aliphatic heterocycles. The third kappa shape index (κ3) is 4.58. The van der Waals surface area contributed by atoms with Crippen LogP contribution >= 0.6 is 7.75 Å². The third-order valence-electron chi connectivity index (χ3n) is 3.92. The number of anilines is 1. The summed E-state index contributed by atoms with van der Waals surface area (Å²) in [4.78, 5) is 33.0. The summed E-state index contributed by atoms with van der Waals surface area (Å²) < 4.78 is 29.0. The molecule has 3 rings (SSSR count). The molecule has 0 bridgehead atoms. The fourth-order valence-electron chi connectivity index (χ4n) is 2.77. The number of fused-ring (bicyclic) bond motifs is 1. The van der Waals surface area contributed by atoms with Gasteiger partial charge in [-0.25, -0.2) is 25.0 Å². The van der Waals surface area contributed by atoms with Gasteiger partial charge in [0.1, 0.15) is 36.9 Å². The van der Waals surface area contributed by atoms with Crippen molar-refractivity contribution in [1.82, 2.24) is 19.5 Å². The molecule has 4 atom stereocenters. The normalized spacial score (nSPS) is 24.8. The average molecular weight is 401 g/mol. The zero-order valence-electron chi connectivity index (χ0n) is 14.2. The summed E-state index contributed by atoms with van der Waals surface area (Å²) in [6.07, 6.45) is 0.568. The van der Waals surface area contributed by atoms with Gasteiger partial charge in [-0.3, -0.25) is 13.9 Å². The number of nitrogens with two attached hydrogens (primary N) is 3. The molecule has 0 spiro atoms. The van der Waals surface area contributed by atoms with E-state index in [0.29, 0.717) is 11.2 Å². The number of imidazole rings is 1. The van der Waals surface area contributed by atoms with Crippen LogP contribution in [0.15, 0.2) is 12.7 Å². The van der Waals surface area contributed by atoms with Gasteiger partial charge in [-0.2, -0.15) is 0 Å². The number of hydrogen-bond donors (Lipinski definition) is 4. The highest BCUT2D eigenvalue weighted by atomic mass is 31.2. The lowest BCUT2D eigenvalue weighted by Crippen LogP contribution is -2.30. The van der Waals surface area contributed by atoms with Crippen LogP contribution in [-0.2, 0) is 23.4 Å². The molecule has 1 saturated heterocycles. The van der Waals surface area contributed by atoms with Crippen molar-refractivity contribution in [3.63, 3.8) is 0 Å². The Labute approximate surface area is 153 Å². The van der Waals surface area contributed by atoms with Gasteiger partial charge in [0, 0.05) is 13.0 Å². The van der Waals surface area contributed by atoms with Crippen LogP contribution in [0.2, 0.25) is 0 Å². The van der Waals surface area contributed by atoms with E-state index in [-0.39, 0.29) is 31.8 Å². The lowest BCUT2D eigenvalue weighted by molar-refractivity contribution is -0.149. The zero-order valence-corrected chi connectivity index (χ0v) is 15.1. The molecule has 1 aliphatic rings. The number of carbonyl (C=O) groups excluding carboxylic acids is 1. The van der Waals surface area contributed by atoms with E-state index in [1.165, 1.54) is 12.7 Å². The molecule has 2 aromatic heterocycles. The molecule has 1 unspecified atom stereocenters. The minimum absolute atomic E-state index is 0.0411. The highest BCUT2D eigenvalue weighted by molar-refractivity contribution is 7.50. The Morgan fingerprint density at radius 3 is 2.93 bits per heavy atom. The average Bonchev–Trinajstić information content (AvgIpc) is 3.16. The number of nitrogens with zero attached hydrogens (tertiary/aromatic N) is 4. The van der Waals surface area contributed by atoms with Crippen LogP contribution in [0.5, 0.6) is 0 Å². The van der Waals surface area contributed by atoms with Gasteiger partial charge in [0.15, 0.2) is 11.5 Å². The van der Waals surface area contributed by atoms with Crippen LogP contribution in [0.4, 0.5) is 5.82 Å². The minimum Gasteiger partial charge on any atom is -0.463 e. The maximum Gasteiger partial charge on any atom is 0.400 e. The molecular weight excluding hydrogens is 381 g/mol. The number of hydrogen-bond acceptors (Lipinski definition) is 10. The Morgan fingerprint density at radius 1 is 1.44 bits per heavy atom. The quantitative estimate of drug-likeness (QED) is 0.327. The first-order chi connectivity index (χ1) is 12.8. The molecule has 0 radical (unpaired) electrons. The third-order valence-corrected chi connectivity index (χ3v) is 4.49. The van der Waals surface area contributed by atoms with Crippen LogP contribution in [0.1, 0.15) is 19.1 Å². The summed E-state index contributed by atoms with van der Waals surface area (Å²) in [5.74, 6) is -0.310. The van der Waals surface area contributed by atoms with Gasteiger partial charge in [-0.15, -0.1) is 0 Å². The van der Waals surface area contributed by atoms with Crippen molar-refractivity contribution in [2.45, 2.75) is 31.3 Å². The van der Waals surface area contributed by atoms with Crippen LogP contribution in [0.25, 0.3) is 11.2 Å². The second-order valence-electron chi connectivity index (χ2n) is 5.88. The monoisotopic (exact) mass is 401 g/mol. The molecule has 0 aliphatic carbocycles. The molecule has 7 N–H and O–H groups in total. The van der Waals surface area contributed by atoms with E-state index < -0.39 is 32.2 Å². The molecule has 0 amide bonds. The summed E-state index contributed by atoms with van der Waals surface area (Å²) >= 11 is 0. The zero-order chi connectivity index (χ0) is 19.6. The lowest BCUT2D eigenvalue weighted by atomic mass is 10.2. The van der Waals surface area contributed by atoms with E-state index in [0.717, 1.165) is 0 Å². The van der Waals surface area contributed by atoms with Gasteiger partial charge in [-0.1, -0.05) is 0 Å². The van der Waals surface area contributed by atoms with Crippen molar-refractivity contribution in [3.05, 3.63) is 12.7 Å². The molecule has 27 heavy (non-hydrogen) atoms. The topological polar surface area (TPSA) is 204 Å². The molecule has 0 aromatic carbocycles. The fourth-order valence-corrected chi connectivity index (χ4v) is 3.38. The van der Waals surface area contributed by atoms with Crippen LogP contribution in [0.3, 0.4) is 0 Å². The van der Waals surface area contributed by atoms with Gasteiger partial charge >= 0.3 is 13.7 Å². The first-order valence-electron chi connectivity index (χ1n) is 8.02. The Hall–Kier alpha value is -2.15. The SMILES string of the molecule is NCCC(=O)OC[C@H]1O[C@@H](n2cnc3c(N)ncnc32)C[C@@H]1OP(N)(=O)O. The maximum absolute atomic E-state index is 11.5. The maximum atomic E-state index is 11.5. The van der Waals surface area contributed by atoms with Crippen molar-refractivity contribution in [1.29, 1.82) is 0 Å². The molecule has 2 aromatic rings. The summed E-state index contributed by atoms with van der Waals surface area (Å²) in [6.45, 7) is -0.0482. The molecular formula is C13H20N7O6P. The molecule has 1 fully saturated rings. The Morgan fingerprint density at radius 2 is 2.22 bits per heavy atom. The van der Waals surface area contributed by atoms with E-state index in [4.69, 9.17) is 31.0 Å². The number of nitrogen functional groups attached to an aromatic ring is 1. The molecule has 148 valence electrons. The first kappa shape index (κ1) is 19.6. The largest absolute Gasteiger partial charge is 0.463 e. The van der Waals surface area contributed by atoms with Crippen molar-refractivity contribution < 1.29 is 28.3 Å². The highest BCUT2D eigenvalue weighted by Gasteiger charge is 2.41. The summed E-state index contributed by atoms with van der Waals surface area (Å²) in [5.41, 5.74) is 17.0. The van der Waals surface area contributed by atoms with Gasteiger partial charge in [0.25, 0.3) is 0 Å². The smallest absolute Gasteiger partial charge is 0.400 e. The lowest BCUT2D eigenvalue weighted by Gasteiger charge is -2.19. The summed E-state index contributed by atoms with van der Waals surface area (Å²) in [5, 5.41) is 0. The number of esters is 1. The van der Waals surface area contributed by atoms with E-state index in [9.17, 15) is 14.3 Å². The number of rotatable bonds is 7. The highest BCUT2D eigenvalue weighted by Crippen LogP contribution is 2.41. The predicted molar refractivity (Wildman–Crippen MR) is 91.8 cm³/mol. The van der Waals surface area contributed by atoms with Gasteiger partial charge in [0.05, 0.1) is 12.7 Å². The van der Waals surface area contributed by atoms with Crippen molar-refractivity contribution in [2.75, 3.05) is 18.9 Å². The van der Waals surface area contributed by atoms with Crippen LogP contribution < -0.4 is 17.0 Å². The standard InChI is InChI=1S/C13H20N7O6P/c14-2-1-10(21)24-4-8-7(26-27(16,22)23)3-9(25-8)20-6-19-11-12(15)17-5-18-13(11)20/h5-9H,1-4,14H2,(H2,15,17,18)(H3,16,22,23)/t7-,8+,9+/m0/s1. The van der Waals surface area contributed by atoms with E-state index >= 15 is 0 Å². The molecule has 13 nitrogen and oxygen atoms in total. The van der Waals surface area contributed by atoms with Crippen molar-refractivity contribution in [2.24, 2.45) is 11.2 Å². The van der Waals surface area contributed by atoms with Crippen LogP contribution in [0, 0.1) is 0 Å². The number of aromatic nitrogens is 4. The molecule has 14 heteroatoms. The second kappa shape index (κ2) is 7.84. The summed E-state index contributed by atoms with van der Waals surface area (Å²) in [6, 6.07) is 0.